The molecule has 10 heteroatoms. The fourth-order valence-electron chi connectivity index (χ4n) is 2.34. The van der Waals surface area contributed by atoms with E-state index >= 15 is 0 Å². The Bertz CT molecular complexity index is 881. The highest BCUT2D eigenvalue weighted by Crippen LogP contribution is 2.27. The molecule has 6 N–H and O–H groups in total. The minimum absolute atomic E-state index is 0.150. The van der Waals surface area contributed by atoms with E-state index in [0.717, 1.165) is 0 Å². The van der Waals surface area contributed by atoms with Crippen molar-refractivity contribution in [2.24, 2.45) is 10.2 Å². The van der Waals surface area contributed by atoms with Crippen molar-refractivity contribution < 1.29 is 30.0 Å². The molecule has 158 valence electrons. The van der Waals surface area contributed by atoms with Crippen LogP contribution in [0.5, 0.6) is 23.0 Å². The number of phenols is 4. The summed E-state index contributed by atoms with van der Waals surface area (Å²) in [6.07, 6.45) is 3.62. The number of carbonyl (C=O) groups is 2. The van der Waals surface area contributed by atoms with Crippen LogP contribution in [0.4, 0.5) is 0 Å². The van der Waals surface area contributed by atoms with Crippen LogP contribution in [0.25, 0.3) is 0 Å². The second kappa shape index (κ2) is 11.1. The molecule has 0 bridgehead atoms. The highest BCUT2D eigenvalue weighted by Gasteiger charge is 2.06. The van der Waals surface area contributed by atoms with Gasteiger partial charge in [-0.05, 0) is 37.1 Å². The van der Waals surface area contributed by atoms with Gasteiger partial charge in [-0.1, -0.05) is 12.1 Å². The van der Waals surface area contributed by atoms with Gasteiger partial charge in [-0.25, -0.2) is 10.9 Å². The van der Waals surface area contributed by atoms with Crippen LogP contribution in [-0.2, 0) is 9.59 Å². The average Bonchev–Trinajstić information content (AvgIpc) is 2.71. The summed E-state index contributed by atoms with van der Waals surface area (Å²) >= 11 is 0. The molecule has 0 saturated heterocycles. The molecule has 0 saturated carbocycles. The minimum atomic E-state index is -0.358. The molecule has 2 rings (SSSR count). The number of para-hydroxylation sites is 2. The molecule has 0 unspecified atom stereocenters. The maximum absolute atomic E-state index is 11.7. The normalized spacial score (nSPS) is 11.1. The number of phenolic OH excluding ortho intramolecular Hbond substituents is 4. The second-order valence-corrected chi connectivity index (χ2v) is 6.22. The Morgan fingerprint density at radius 2 is 1.13 bits per heavy atom. The van der Waals surface area contributed by atoms with Crippen molar-refractivity contribution >= 4 is 24.2 Å². The van der Waals surface area contributed by atoms with E-state index in [1.165, 1.54) is 48.8 Å². The quantitative estimate of drug-likeness (QED) is 0.158. The lowest BCUT2D eigenvalue weighted by Crippen LogP contribution is -2.19. The van der Waals surface area contributed by atoms with Crippen LogP contribution in [0.3, 0.4) is 0 Å². The summed E-state index contributed by atoms with van der Waals surface area (Å²) in [5.74, 6) is -1.95. The van der Waals surface area contributed by atoms with E-state index in [0.29, 0.717) is 12.8 Å². The summed E-state index contributed by atoms with van der Waals surface area (Å²) in [6.45, 7) is 0. The summed E-state index contributed by atoms with van der Waals surface area (Å²) < 4.78 is 0. The predicted molar refractivity (Wildman–Crippen MR) is 109 cm³/mol. The molecule has 0 spiro atoms. The number of carbonyl (C=O) groups excluding carboxylic acids is 2. The van der Waals surface area contributed by atoms with Gasteiger partial charge in [0.25, 0.3) is 0 Å². The molecule has 30 heavy (non-hydrogen) atoms. The third-order valence-corrected chi connectivity index (χ3v) is 3.94. The first kappa shape index (κ1) is 22.2. The molecule has 0 radical (unpaired) electrons. The summed E-state index contributed by atoms with van der Waals surface area (Å²) in [5, 5.41) is 45.4. The topological polar surface area (TPSA) is 164 Å². The van der Waals surface area contributed by atoms with E-state index < -0.39 is 0 Å². The molecular weight excluding hydrogens is 392 g/mol. The van der Waals surface area contributed by atoms with Crippen molar-refractivity contribution in [2.45, 2.75) is 25.7 Å². The van der Waals surface area contributed by atoms with Gasteiger partial charge in [0.1, 0.15) is 0 Å². The molecule has 0 atom stereocenters. The Balaban J connectivity index is 1.64. The first-order valence-electron chi connectivity index (χ1n) is 9.04. The van der Waals surface area contributed by atoms with Crippen LogP contribution in [0, 0.1) is 0 Å². The first-order chi connectivity index (χ1) is 14.4. The number of hydrogen-bond acceptors (Lipinski definition) is 8. The molecule has 2 aromatic rings. The zero-order valence-corrected chi connectivity index (χ0v) is 15.9. The molecule has 0 aromatic heterocycles. The number of hydrogen-bond donors (Lipinski definition) is 6. The highest BCUT2D eigenvalue weighted by atomic mass is 16.3. The highest BCUT2D eigenvalue weighted by molar-refractivity contribution is 5.87. The van der Waals surface area contributed by atoms with Crippen LogP contribution in [0.2, 0.25) is 0 Å². The number of hydrazone groups is 2. The van der Waals surface area contributed by atoms with Gasteiger partial charge >= 0.3 is 0 Å². The van der Waals surface area contributed by atoms with Crippen LogP contribution in [-0.4, -0.2) is 44.7 Å². The maximum Gasteiger partial charge on any atom is 0.240 e. The van der Waals surface area contributed by atoms with Crippen LogP contribution < -0.4 is 10.9 Å². The molecule has 0 aliphatic carbocycles. The Morgan fingerprint density at radius 3 is 1.53 bits per heavy atom. The second-order valence-electron chi connectivity index (χ2n) is 6.22. The van der Waals surface area contributed by atoms with Gasteiger partial charge in [-0.2, -0.15) is 10.2 Å². The van der Waals surface area contributed by atoms with Gasteiger partial charge in [-0.3, -0.25) is 9.59 Å². The number of aromatic hydroxyl groups is 4. The SMILES string of the molecule is O=C(CCCCC(=O)NN=Cc1cccc(O)c1O)NN=Cc1cccc(O)c1O. The van der Waals surface area contributed by atoms with Crippen molar-refractivity contribution in [3.63, 3.8) is 0 Å². The molecular formula is C20H22N4O6. The lowest BCUT2D eigenvalue weighted by molar-refractivity contribution is -0.123. The monoisotopic (exact) mass is 414 g/mol. The summed E-state index contributed by atoms with van der Waals surface area (Å²) in [6, 6.07) is 8.74. The van der Waals surface area contributed by atoms with E-state index in [1.807, 2.05) is 0 Å². The molecule has 0 aliphatic rings. The predicted octanol–water partition coefficient (Wildman–Crippen LogP) is 1.67. The Morgan fingerprint density at radius 1 is 0.733 bits per heavy atom. The minimum Gasteiger partial charge on any atom is -0.504 e. The van der Waals surface area contributed by atoms with E-state index in [1.54, 1.807) is 0 Å². The van der Waals surface area contributed by atoms with Crippen molar-refractivity contribution in [3.8, 4) is 23.0 Å². The maximum atomic E-state index is 11.7. The van der Waals surface area contributed by atoms with Crippen molar-refractivity contribution in [1.29, 1.82) is 0 Å². The molecule has 0 aliphatic heterocycles. The summed E-state index contributed by atoms with van der Waals surface area (Å²) in [5.41, 5.74) is 5.11. The number of amides is 2. The Hall–Kier alpha value is -4.08. The van der Waals surface area contributed by atoms with Crippen LogP contribution in [0.15, 0.2) is 46.6 Å². The largest absolute Gasteiger partial charge is 0.504 e. The number of rotatable bonds is 9. The van der Waals surface area contributed by atoms with Gasteiger partial charge in [0.05, 0.1) is 12.4 Å². The van der Waals surface area contributed by atoms with E-state index in [4.69, 9.17) is 0 Å². The van der Waals surface area contributed by atoms with Gasteiger partial charge < -0.3 is 20.4 Å². The number of nitrogens with one attached hydrogen (secondary N) is 2. The van der Waals surface area contributed by atoms with Gasteiger partial charge in [-0.15, -0.1) is 0 Å². The molecule has 2 amide bonds. The lowest BCUT2D eigenvalue weighted by atomic mass is 10.2. The van der Waals surface area contributed by atoms with Crippen LogP contribution >= 0.6 is 0 Å². The van der Waals surface area contributed by atoms with Crippen molar-refractivity contribution in [2.75, 3.05) is 0 Å². The number of benzene rings is 2. The van der Waals surface area contributed by atoms with Gasteiger partial charge in [0.15, 0.2) is 23.0 Å². The number of unbranched alkanes of at least 4 members (excludes halogenated alkanes) is 1. The van der Waals surface area contributed by atoms with E-state index in [9.17, 15) is 30.0 Å². The van der Waals surface area contributed by atoms with Gasteiger partial charge in [0, 0.05) is 24.0 Å². The zero-order valence-electron chi connectivity index (χ0n) is 15.9. The number of nitrogens with zero attached hydrogens (tertiary/aromatic N) is 2. The third kappa shape index (κ3) is 6.82. The average molecular weight is 414 g/mol. The van der Waals surface area contributed by atoms with Crippen LogP contribution in [0.1, 0.15) is 36.8 Å². The molecule has 2 aromatic carbocycles. The summed E-state index contributed by atoms with van der Waals surface area (Å²) in [4.78, 5) is 23.4. The Kier molecular flexibility index (Phi) is 8.18. The first-order valence-corrected chi connectivity index (χ1v) is 9.04. The molecule has 10 nitrogen and oxygen atoms in total. The molecule has 0 heterocycles. The standard InChI is InChI=1S/C20H22N4O6/c25-15-7-3-5-13(19(15)29)11-21-23-17(27)9-1-2-10-18(28)24-22-12-14-6-4-8-16(26)20(14)30/h3-8,11-12,25-26,29-30H,1-2,9-10H2,(H,23,27)(H,24,28). The van der Waals surface area contributed by atoms with Crippen molar-refractivity contribution in [1.82, 2.24) is 10.9 Å². The fraction of sp³-hybridized carbons (Fsp3) is 0.200. The molecule has 0 fully saturated rings. The zero-order chi connectivity index (χ0) is 21.9. The lowest BCUT2D eigenvalue weighted by Gasteiger charge is -2.03. The van der Waals surface area contributed by atoms with Gasteiger partial charge in [0.2, 0.25) is 11.8 Å². The van der Waals surface area contributed by atoms with Crippen molar-refractivity contribution in [3.05, 3.63) is 47.5 Å². The van der Waals surface area contributed by atoms with E-state index in [-0.39, 0.29) is 58.8 Å². The Labute approximate surface area is 172 Å². The fourth-order valence-corrected chi connectivity index (χ4v) is 2.34. The third-order valence-electron chi connectivity index (χ3n) is 3.94. The summed E-state index contributed by atoms with van der Waals surface area (Å²) in [7, 11) is 0. The van der Waals surface area contributed by atoms with E-state index in [2.05, 4.69) is 21.1 Å². The smallest absolute Gasteiger partial charge is 0.240 e.